The normalized spacial score (nSPS) is 20.2. The lowest BCUT2D eigenvalue weighted by atomic mass is 9.77. The first-order valence-corrected chi connectivity index (χ1v) is 7.37. The van der Waals surface area contributed by atoms with Crippen LogP contribution < -0.4 is 11.5 Å². The summed E-state index contributed by atoms with van der Waals surface area (Å²) in [7, 11) is -0.462. The molecule has 5 N–H and O–H groups in total. The summed E-state index contributed by atoms with van der Waals surface area (Å²) in [5.74, 6) is 0.0418. The summed E-state index contributed by atoms with van der Waals surface area (Å²) < 4.78 is 12.1. The summed E-state index contributed by atoms with van der Waals surface area (Å²) in [4.78, 5) is 0. The maximum atomic E-state index is 7.51. The highest BCUT2D eigenvalue weighted by atomic mass is 16.7. The highest BCUT2D eigenvalue weighted by Gasteiger charge is 2.52. The van der Waals surface area contributed by atoms with Gasteiger partial charge in [-0.15, -0.1) is 0 Å². The lowest BCUT2D eigenvalue weighted by Gasteiger charge is -2.32. The fraction of sp³-hybridized carbons (Fsp3) is 0.438. The standard InChI is InChI=1S/C16H24BN3O2/c1-15(2)16(3,4)22-17(21-15)13(10-18)9-11-6-5-7-12(8-11)14(19)20/h5-9H,10,18H2,1-4H3,(H3,19,20). The Bertz CT molecular complexity index is 595. The largest absolute Gasteiger partial charge is 0.491 e. The first-order valence-electron chi connectivity index (χ1n) is 7.37. The second-order valence-corrected chi connectivity index (χ2v) is 6.55. The SMILES string of the molecule is CC1(C)OB(C(=Cc2cccc(C(=N)N)c2)CN)OC1(C)C. The first-order chi connectivity index (χ1) is 10.2. The van der Waals surface area contributed by atoms with Crippen molar-refractivity contribution in [2.45, 2.75) is 38.9 Å². The van der Waals surface area contributed by atoms with E-state index in [1.165, 1.54) is 0 Å². The van der Waals surface area contributed by atoms with Gasteiger partial charge in [0.2, 0.25) is 0 Å². The zero-order valence-electron chi connectivity index (χ0n) is 13.6. The van der Waals surface area contributed by atoms with E-state index in [1.807, 2.05) is 52.0 Å². The summed E-state index contributed by atoms with van der Waals surface area (Å²) in [6.07, 6.45) is 1.94. The second kappa shape index (κ2) is 5.87. The van der Waals surface area contributed by atoms with Crippen LogP contribution in [0.15, 0.2) is 29.7 Å². The predicted molar refractivity (Wildman–Crippen MR) is 90.6 cm³/mol. The van der Waals surface area contributed by atoms with Gasteiger partial charge in [-0.05, 0) is 44.8 Å². The smallest absolute Gasteiger partial charge is 0.400 e. The van der Waals surface area contributed by atoms with Crippen molar-refractivity contribution in [1.29, 1.82) is 5.41 Å². The summed E-state index contributed by atoms with van der Waals surface area (Å²) in [6.45, 7) is 8.38. The molecule has 6 heteroatoms. The molecule has 1 aromatic carbocycles. The number of hydrogen-bond donors (Lipinski definition) is 3. The molecule has 5 nitrogen and oxygen atoms in total. The topological polar surface area (TPSA) is 94.3 Å². The third kappa shape index (κ3) is 3.24. The Morgan fingerprint density at radius 3 is 2.32 bits per heavy atom. The van der Waals surface area contributed by atoms with Gasteiger partial charge in [0.05, 0.1) is 11.2 Å². The van der Waals surface area contributed by atoms with Crippen molar-refractivity contribution in [3.63, 3.8) is 0 Å². The van der Waals surface area contributed by atoms with Crippen LogP contribution in [0.1, 0.15) is 38.8 Å². The number of hydrogen-bond acceptors (Lipinski definition) is 4. The third-order valence-corrected chi connectivity index (χ3v) is 4.34. The molecule has 0 amide bonds. The Hall–Kier alpha value is -1.63. The fourth-order valence-corrected chi connectivity index (χ4v) is 2.23. The van der Waals surface area contributed by atoms with Gasteiger partial charge in [-0.1, -0.05) is 24.3 Å². The number of benzene rings is 1. The molecule has 0 saturated carbocycles. The first kappa shape index (κ1) is 16.7. The van der Waals surface area contributed by atoms with Crippen molar-refractivity contribution in [2.24, 2.45) is 11.5 Å². The van der Waals surface area contributed by atoms with E-state index in [0.717, 1.165) is 11.0 Å². The molecule has 1 aliphatic rings. The van der Waals surface area contributed by atoms with E-state index in [9.17, 15) is 0 Å². The van der Waals surface area contributed by atoms with Crippen molar-refractivity contribution in [3.8, 4) is 0 Å². The van der Waals surface area contributed by atoms with Crippen LogP contribution in [-0.2, 0) is 9.31 Å². The average molecular weight is 301 g/mol. The highest BCUT2D eigenvalue weighted by Crippen LogP contribution is 2.38. The second-order valence-electron chi connectivity index (χ2n) is 6.55. The molecule has 2 rings (SSSR count). The number of nitrogens with one attached hydrogen (secondary N) is 1. The minimum Gasteiger partial charge on any atom is -0.400 e. The van der Waals surface area contributed by atoms with Crippen LogP contribution in [0.2, 0.25) is 0 Å². The Balaban J connectivity index is 2.29. The van der Waals surface area contributed by atoms with E-state index >= 15 is 0 Å². The Morgan fingerprint density at radius 1 is 1.23 bits per heavy atom. The van der Waals surface area contributed by atoms with Crippen LogP contribution in [-0.4, -0.2) is 30.7 Å². The number of nitrogen functional groups attached to an aromatic ring is 1. The zero-order chi connectivity index (χ0) is 16.5. The van der Waals surface area contributed by atoms with E-state index < -0.39 is 18.3 Å². The zero-order valence-corrected chi connectivity index (χ0v) is 13.6. The van der Waals surface area contributed by atoms with Gasteiger partial charge < -0.3 is 20.8 Å². The van der Waals surface area contributed by atoms with E-state index in [1.54, 1.807) is 6.07 Å². The van der Waals surface area contributed by atoms with E-state index in [2.05, 4.69) is 0 Å². The minimum absolute atomic E-state index is 0.0418. The van der Waals surface area contributed by atoms with Crippen LogP contribution >= 0.6 is 0 Å². The van der Waals surface area contributed by atoms with Gasteiger partial charge in [-0.3, -0.25) is 5.41 Å². The van der Waals surface area contributed by atoms with Crippen LogP contribution in [0.5, 0.6) is 0 Å². The third-order valence-electron chi connectivity index (χ3n) is 4.34. The van der Waals surface area contributed by atoms with Gasteiger partial charge >= 0.3 is 7.12 Å². The molecule has 1 saturated heterocycles. The Labute approximate surface area is 132 Å². The maximum absolute atomic E-state index is 7.51. The molecule has 1 aliphatic heterocycles. The summed E-state index contributed by atoms with van der Waals surface area (Å²) in [6, 6.07) is 7.45. The molecule has 0 radical (unpaired) electrons. The molecule has 1 fully saturated rings. The Kier molecular flexibility index (Phi) is 4.47. The van der Waals surface area contributed by atoms with Gasteiger partial charge in [0, 0.05) is 12.1 Å². The van der Waals surface area contributed by atoms with Gasteiger partial charge in [0.15, 0.2) is 0 Å². The summed E-state index contributed by atoms with van der Waals surface area (Å²) >= 11 is 0. The van der Waals surface area contributed by atoms with Gasteiger partial charge in [-0.25, -0.2) is 0 Å². The molecular formula is C16H24BN3O2. The maximum Gasteiger partial charge on any atom is 0.491 e. The molecule has 1 heterocycles. The van der Waals surface area contributed by atoms with Gasteiger partial charge in [-0.2, -0.15) is 0 Å². The van der Waals surface area contributed by atoms with Crippen LogP contribution in [0.3, 0.4) is 0 Å². The van der Waals surface area contributed by atoms with E-state index in [4.69, 9.17) is 26.2 Å². The molecule has 118 valence electrons. The molecule has 0 aromatic heterocycles. The Morgan fingerprint density at radius 2 is 1.82 bits per heavy atom. The molecule has 1 aromatic rings. The van der Waals surface area contributed by atoms with Crippen molar-refractivity contribution in [1.82, 2.24) is 0 Å². The number of amidine groups is 1. The molecule has 0 spiro atoms. The summed E-state index contributed by atoms with van der Waals surface area (Å²) in [5.41, 5.74) is 13.1. The van der Waals surface area contributed by atoms with E-state index in [-0.39, 0.29) is 5.84 Å². The molecular weight excluding hydrogens is 277 g/mol. The minimum atomic E-state index is -0.462. The lowest BCUT2D eigenvalue weighted by Crippen LogP contribution is -2.41. The molecule has 22 heavy (non-hydrogen) atoms. The van der Waals surface area contributed by atoms with Crippen LogP contribution in [0.4, 0.5) is 0 Å². The molecule has 0 aliphatic carbocycles. The highest BCUT2D eigenvalue weighted by molar-refractivity contribution is 6.55. The quantitative estimate of drug-likeness (QED) is 0.450. The fourth-order valence-electron chi connectivity index (χ4n) is 2.23. The van der Waals surface area contributed by atoms with E-state index in [0.29, 0.717) is 12.1 Å². The molecule has 0 bridgehead atoms. The van der Waals surface area contributed by atoms with Crippen molar-refractivity contribution in [3.05, 3.63) is 40.9 Å². The van der Waals surface area contributed by atoms with Crippen LogP contribution in [0.25, 0.3) is 6.08 Å². The van der Waals surface area contributed by atoms with Crippen molar-refractivity contribution < 1.29 is 9.31 Å². The number of nitrogens with two attached hydrogens (primary N) is 2. The number of rotatable bonds is 4. The monoisotopic (exact) mass is 301 g/mol. The lowest BCUT2D eigenvalue weighted by molar-refractivity contribution is 0.00578. The van der Waals surface area contributed by atoms with Crippen LogP contribution in [0, 0.1) is 5.41 Å². The summed E-state index contributed by atoms with van der Waals surface area (Å²) in [5, 5.41) is 7.51. The van der Waals surface area contributed by atoms with Gasteiger partial charge in [0.1, 0.15) is 5.84 Å². The predicted octanol–water partition coefficient (Wildman–Crippen LogP) is 1.94. The average Bonchev–Trinajstić information content (AvgIpc) is 2.65. The van der Waals surface area contributed by atoms with Crippen molar-refractivity contribution >= 4 is 19.0 Å². The van der Waals surface area contributed by atoms with Gasteiger partial charge in [0.25, 0.3) is 0 Å². The van der Waals surface area contributed by atoms with Crippen molar-refractivity contribution in [2.75, 3.05) is 6.54 Å². The molecule has 0 atom stereocenters. The molecule has 0 unspecified atom stereocenters.